The smallest absolute Gasteiger partial charge is 0.351 e. The third-order valence-corrected chi connectivity index (χ3v) is 6.52. The Morgan fingerprint density at radius 2 is 1.82 bits per heavy atom. The lowest BCUT2D eigenvalue weighted by Crippen LogP contribution is -2.33. The van der Waals surface area contributed by atoms with Crippen LogP contribution in [0.25, 0.3) is 16.7 Å². The fraction of sp³-hybridized carbons (Fsp3) is 0.261. The molecule has 0 spiro atoms. The summed E-state index contributed by atoms with van der Waals surface area (Å²) >= 11 is 1.88. The minimum Gasteiger partial charge on any atom is -0.465 e. The van der Waals surface area contributed by atoms with Crippen LogP contribution in [0.5, 0.6) is 0 Å². The Hall–Kier alpha value is -3.86. The maximum Gasteiger partial charge on any atom is 0.351 e. The van der Waals surface area contributed by atoms with Crippen LogP contribution in [0.1, 0.15) is 10.4 Å². The molecule has 174 valence electrons. The molecule has 0 radical (unpaired) electrons. The molecule has 10 nitrogen and oxygen atoms in total. The van der Waals surface area contributed by atoms with Gasteiger partial charge >= 0.3 is 11.7 Å². The normalized spacial score (nSPS) is 13.9. The Balaban J connectivity index is 1.47. The van der Waals surface area contributed by atoms with Crippen LogP contribution in [0, 0.1) is 0 Å². The van der Waals surface area contributed by atoms with E-state index in [1.807, 2.05) is 36.0 Å². The number of esters is 1. The lowest BCUT2D eigenvalue weighted by Gasteiger charge is -2.27. The highest BCUT2D eigenvalue weighted by Gasteiger charge is 2.22. The molecule has 0 unspecified atom stereocenters. The number of anilines is 2. The number of fused-ring (bicyclic) bond motifs is 3. The van der Waals surface area contributed by atoms with Crippen LogP contribution in [0.4, 0.5) is 11.5 Å². The number of nitrogens with zero attached hydrogens (tertiary/aromatic N) is 5. The van der Waals surface area contributed by atoms with E-state index in [1.54, 1.807) is 24.3 Å². The van der Waals surface area contributed by atoms with Crippen LogP contribution < -0.4 is 15.9 Å². The van der Waals surface area contributed by atoms with Crippen LogP contribution in [0.2, 0.25) is 0 Å². The van der Waals surface area contributed by atoms with Gasteiger partial charge in [0.05, 0.1) is 23.7 Å². The number of benzene rings is 2. The Morgan fingerprint density at radius 3 is 2.56 bits per heavy atom. The van der Waals surface area contributed by atoms with Crippen molar-refractivity contribution in [1.29, 1.82) is 0 Å². The summed E-state index contributed by atoms with van der Waals surface area (Å²) < 4.78 is 7.36. The van der Waals surface area contributed by atoms with Gasteiger partial charge in [-0.05, 0) is 36.4 Å². The third-order valence-electron chi connectivity index (χ3n) is 5.58. The molecule has 1 saturated heterocycles. The second-order valence-corrected chi connectivity index (χ2v) is 8.96. The second kappa shape index (κ2) is 9.18. The molecule has 1 aliphatic rings. The molecule has 4 aromatic rings. The summed E-state index contributed by atoms with van der Waals surface area (Å²) in [5.74, 6) is 1.72. The highest BCUT2D eigenvalue weighted by atomic mass is 32.2. The van der Waals surface area contributed by atoms with Crippen LogP contribution in [0.15, 0.2) is 53.3 Å². The first-order chi connectivity index (χ1) is 16.5. The summed E-state index contributed by atoms with van der Waals surface area (Å²) in [6.07, 6.45) is 0. The van der Waals surface area contributed by atoms with Crippen LogP contribution >= 0.6 is 11.8 Å². The summed E-state index contributed by atoms with van der Waals surface area (Å²) in [7, 11) is 1.30. The number of rotatable bonds is 5. The topological polar surface area (TPSA) is 111 Å². The van der Waals surface area contributed by atoms with E-state index in [0.29, 0.717) is 33.7 Å². The number of amides is 1. The van der Waals surface area contributed by atoms with Gasteiger partial charge in [-0.3, -0.25) is 4.79 Å². The largest absolute Gasteiger partial charge is 0.465 e. The van der Waals surface area contributed by atoms with E-state index < -0.39 is 17.6 Å². The maximum absolute atomic E-state index is 13.3. The van der Waals surface area contributed by atoms with E-state index in [0.717, 1.165) is 29.3 Å². The number of hydrogen-bond donors (Lipinski definition) is 1. The summed E-state index contributed by atoms with van der Waals surface area (Å²) in [5.41, 5.74) is 2.24. The predicted octanol–water partition coefficient (Wildman–Crippen LogP) is 2.02. The molecular formula is C23H22N6O4S. The first-order valence-electron chi connectivity index (χ1n) is 10.7. The highest BCUT2D eigenvalue weighted by molar-refractivity contribution is 7.99. The zero-order valence-corrected chi connectivity index (χ0v) is 19.2. The number of methoxy groups -OCH3 is 1. The first kappa shape index (κ1) is 22.0. The molecule has 2 aromatic heterocycles. The zero-order valence-electron chi connectivity index (χ0n) is 18.4. The van der Waals surface area contributed by atoms with Gasteiger partial charge in [-0.15, -0.1) is 5.10 Å². The Labute approximate surface area is 198 Å². The van der Waals surface area contributed by atoms with E-state index >= 15 is 0 Å². The van der Waals surface area contributed by atoms with E-state index in [2.05, 4.69) is 20.1 Å². The van der Waals surface area contributed by atoms with Crippen molar-refractivity contribution in [3.63, 3.8) is 0 Å². The quantitative estimate of drug-likeness (QED) is 0.434. The van der Waals surface area contributed by atoms with Crippen molar-refractivity contribution in [2.45, 2.75) is 6.54 Å². The van der Waals surface area contributed by atoms with Crippen molar-refractivity contribution in [2.75, 3.05) is 41.9 Å². The third kappa shape index (κ3) is 4.10. The average molecular weight is 479 g/mol. The molecule has 0 atom stereocenters. The first-order valence-corrected chi connectivity index (χ1v) is 11.9. The lowest BCUT2D eigenvalue weighted by atomic mass is 10.2. The van der Waals surface area contributed by atoms with Crippen LogP contribution in [-0.4, -0.2) is 62.7 Å². The van der Waals surface area contributed by atoms with Gasteiger partial charge in [-0.25, -0.2) is 23.7 Å². The van der Waals surface area contributed by atoms with Gasteiger partial charge in [0.1, 0.15) is 6.54 Å². The Bertz CT molecular complexity index is 1440. The molecule has 2 aromatic carbocycles. The molecule has 0 saturated carbocycles. The maximum atomic E-state index is 13.3. The van der Waals surface area contributed by atoms with Crippen LogP contribution in [-0.2, 0) is 16.1 Å². The number of carbonyl (C=O) groups excluding carboxylic acids is 2. The van der Waals surface area contributed by atoms with E-state index in [4.69, 9.17) is 4.98 Å². The zero-order chi connectivity index (χ0) is 23.7. The van der Waals surface area contributed by atoms with Gasteiger partial charge in [-0.2, -0.15) is 11.8 Å². The number of carbonyl (C=O) groups is 2. The average Bonchev–Trinajstić information content (AvgIpc) is 3.20. The fourth-order valence-electron chi connectivity index (χ4n) is 3.92. The van der Waals surface area contributed by atoms with Crippen LogP contribution in [0.3, 0.4) is 0 Å². The molecule has 1 aliphatic heterocycles. The minimum atomic E-state index is -0.460. The standard InChI is InChI=1S/C23H22N6O4S/c1-33-22(31)15-6-8-16(9-7-15)24-19(30)14-28-23(32)29-18-5-3-2-4-17(18)25-20(21(29)26-28)27-10-12-34-13-11-27/h2-9H,10-14H2,1H3,(H,24,30). The second-order valence-electron chi connectivity index (χ2n) is 7.74. The number of aromatic nitrogens is 4. The Kier molecular flexibility index (Phi) is 5.93. The molecule has 3 heterocycles. The van der Waals surface area contributed by atoms with Gasteiger partial charge in [-0.1, -0.05) is 12.1 Å². The molecule has 0 bridgehead atoms. The minimum absolute atomic E-state index is 0.261. The van der Waals surface area contributed by atoms with E-state index in [9.17, 15) is 14.4 Å². The van der Waals surface area contributed by atoms with Crippen molar-refractivity contribution in [3.05, 3.63) is 64.6 Å². The molecule has 1 N–H and O–H groups in total. The van der Waals surface area contributed by atoms with Gasteiger partial charge in [0.2, 0.25) is 11.6 Å². The van der Waals surface area contributed by atoms with Crippen molar-refractivity contribution < 1.29 is 14.3 Å². The Morgan fingerprint density at radius 1 is 1.09 bits per heavy atom. The van der Waals surface area contributed by atoms with Gasteiger partial charge in [0, 0.05) is 30.3 Å². The summed E-state index contributed by atoms with van der Waals surface area (Å²) in [6.45, 7) is 1.37. The monoisotopic (exact) mass is 478 g/mol. The van der Waals surface area contributed by atoms with E-state index in [1.165, 1.54) is 11.5 Å². The number of thioether (sulfide) groups is 1. The van der Waals surface area contributed by atoms with Gasteiger partial charge in [0.15, 0.2) is 5.82 Å². The molecular weight excluding hydrogens is 456 g/mol. The predicted molar refractivity (Wildman–Crippen MR) is 131 cm³/mol. The van der Waals surface area contributed by atoms with Crippen molar-refractivity contribution >= 4 is 51.8 Å². The SMILES string of the molecule is COC(=O)c1ccc(NC(=O)Cn2nc3c(N4CCSCC4)nc4ccccc4n3c2=O)cc1. The lowest BCUT2D eigenvalue weighted by molar-refractivity contribution is -0.117. The molecule has 0 aliphatic carbocycles. The number of para-hydroxylation sites is 2. The van der Waals surface area contributed by atoms with Crippen molar-refractivity contribution in [3.8, 4) is 0 Å². The fourth-order valence-corrected chi connectivity index (χ4v) is 4.82. The molecule has 11 heteroatoms. The van der Waals surface area contributed by atoms with Gasteiger partial charge < -0.3 is 15.0 Å². The summed E-state index contributed by atoms with van der Waals surface area (Å²) in [4.78, 5) is 44.5. The highest BCUT2D eigenvalue weighted by Crippen LogP contribution is 2.24. The summed E-state index contributed by atoms with van der Waals surface area (Å²) in [5, 5.41) is 7.23. The number of hydrogen-bond acceptors (Lipinski definition) is 8. The van der Waals surface area contributed by atoms with E-state index in [-0.39, 0.29) is 6.54 Å². The molecule has 34 heavy (non-hydrogen) atoms. The molecule has 1 fully saturated rings. The summed E-state index contributed by atoms with van der Waals surface area (Å²) in [6, 6.07) is 13.7. The van der Waals surface area contributed by atoms with Crippen molar-refractivity contribution in [2.24, 2.45) is 0 Å². The molecule has 1 amide bonds. The molecule has 5 rings (SSSR count). The number of nitrogens with one attached hydrogen (secondary N) is 1. The van der Waals surface area contributed by atoms with Gasteiger partial charge in [0.25, 0.3) is 0 Å². The van der Waals surface area contributed by atoms with Crippen molar-refractivity contribution in [1.82, 2.24) is 19.2 Å². The number of ether oxygens (including phenoxy) is 1.